The van der Waals surface area contributed by atoms with Gasteiger partial charge in [0.1, 0.15) is 5.01 Å². The van der Waals surface area contributed by atoms with Gasteiger partial charge in [0.25, 0.3) is 0 Å². The number of nitrogens with zero attached hydrogens (tertiary/aromatic N) is 3. The molecule has 0 radical (unpaired) electrons. The maximum absolute atomic E-state index is 5.92. The molecule has 0 amide bonds. The first-order valence-corrected chi connectivity index (χ1v) is 9.01. The van der Waals surface area contributed by atoms with Gasteiger partial charge in [-0.25, -0.2) is 9.50 Å². The Bertz CT molecular complexity index is 926. The van der Waals surface area contributed by atoms with Gasteiger partial charge in [-0.15, -0.1) is 0 Å². The third kappa shape index (κ3) is 3.17. The van der Waals surface area contributed by atoms with Crippen molar-refractivity contribution in [1.82, 2.24) is 14.6 Å². The van der Waals surface area contributed by atoms with Gasteiger partial charge >= 0.3 is 0 Å². The van der Waals surface area contributed by atoms with Gasteiger partial charge < -0.3 is 0 Å². The molecule has 6 heteroatoms. The Morgan fingerprint density at radius 1 is 1.04 bits per heavy atom. The van der Waals surface area contributed by atoms with Crippen molar-refractivity contribution in [2.45, 2.75) is 6.42 Å². The second-order valence-electron chi connectivity index (χ2n) is 5.16. The van der Waals surface area contributed by atoms with E-state index in [2.05, 4.69) is 26.0 Å². The summed E-state index contributed by atoms with van der Waals surface area (Å²) in [6, 6.07) is 16.0. The zero-order valence-electron chi connectivity index (χ0n) is 11.9. The number of imidazole rings is 1. The maximum atomic E-state index is 5.92. The molecule has 23 heavy (non-hydrogen) atoms. The number of benzene rings is 2. The summed E-state index contributed by atoms with van der Waals surface area (Å²) in [6.07, 6.45) is 2.76. The van der Waals surface area contributed by atoms with Crippen molar-refractivity contribution in [3.8, 4) is 11.3 Å². The largest absolute Gasteiger partial charge is 0.217 e. The van der Waals surface area contributed by atoms with E-state index in [1.165, 1.54) is 5.56 Å². The Kier molecular flexibility index (Phi) is 3.93. The zero-order valence-corrected chi connectivity index (χ0v) is 15.1. The van der Waals surface area contributed by atoms with E-state index in [1.54, 1.807) is 11.3 Å². The molecule has 0 fully saturated rings. The smallest absolute Gasteiger partial charge is 0.212 e. The average molecular weight is 405 g/mol. The minimum absolute atomic E-state index is 0.752. The standard InChI is InChI=1S/C17H11BrClN3S/c18-13-5-3-12(4-6-13)15-10-22-17(20-15)23-16(21-22)9-11-1-7-14(19)8-2-11/h1-8,10H,9H2. The molecule has 0 N–H and O–H groups in total. The van der Waals surface area contributed by atoms with Crippen molar-refractivity contribution in [1.29, 1.82) is 0 Å². The van der Waals surface area contributed by atoms with Gasteiger partial charge in [-0.1, -0.05) is 63.1 Å². The quantitative estimate of drug-likeness (QED) is 0.453. The van der Waals surface area contributed by atoms with Crippen molar-refractivity contribution in [2.75, 3.05) is 0 Å². The van der Waals surface area contributed by atoms with Crippen LogP contribution < -0.4 is 0 Å². The maximum Gasteiger partial charge on any atom is 0.212 e. The number of halogens is 2. The Labute approximate surface area is 150 Å². The lowest BCUT2D eigenvalue weighted by Crippen LogP contribution is -1.89. The highest BCUT2D eigenvalue weighted by Gasteiger charge is 2.10. The Morgan fingerprint density at radius 3 is 2.48 bits per heavy atom. The molecule has 2 aromatic heterocycles. The molecule has 4 aromatic rings. The summed E-state index contributed by atoms with van der Waals surface area (Å²) in [6.45, 7) is 0. The van der Waals surface area contributed by atoms with Crippen LogP contribution in [-0.4, -0.2) is 14.6 Å². The molecule has 114 valence electrons. The number of hydrogen-bond donors (Lipinski definition) is 0. The lowest BCUT2D eigenvalue weighted by molar-refractivity contribution is 0.922. The second kappa shape index (κ2) is 6.07. The summed E-state index contributed by atoms with van der Waals surface area (Å²) in [5.41, 5.74) is 3.22. The highest BCUT2D eigenvalue weighted by Crippen LogP contribution is 2.25. The van der Waals surface area contributed by atoms with Crippen molar-refractivity contribution in [3.63, 3.8) is 0 Å². The van der Waals surface area contributed by atoms with Gasteiger partial charge in [-0.2, -0.15) is 5.10 Å². The number of aromatic nitrogens is 3. The lowest BCUT2D eigenvalue weighted by atomic mass is 10.2. The van der Waals surface area contributed by atoms with Crippen molar-refractivity contribution < 1.29 is 0 Å². The van der Waals surface area contributed by atoms with E-state index in [-0.39, 0.29) is 0 Å². The SMILES string of the molecule is Clc1ccc(Cc2nn3cc(-c4ccc(Br)cc4)nc3s2)cc1. The van der Waals surface area contributed by atoms with E-state index in [0.717, 1.165) is 37.1 Å². The average Bonchev–Trinajstić information content (AvgIpc) is 3.09. The normalized spacial score (nSPS) is 11.2. The van der Waals surface area contributed by atoms with E-state index in [9.17, 15) is 0 Å². The highest BCUT2D eigenvalue weighted by atomic mass is 79.9. The first-order valence-electron chi connectivity index (χ1n) is 7.03. The van der Waals surface area contributed by atoms with Crippen LogP contribution in [0.3, 0.4) is 0 Å². The van der Waals surface area contributed by atoms with E-state index < -0.39 is 0 Å². The molecule has 0 aliphatic rings. The Morgan fingerprint density at radius 2 is 1.78 bits per heavy atom. The molecule has 0 aliphatic heterocycles. The van der Waals surface area contributed by atoms with Gasteiger partial charge in [0.15, 0.2) is 0 Å². The molecule has 0 spiro atoms. The van der Waals surface area contributed by atoms with Crippen LogP contribution in [0.25, 0.3) is 16.2 Å². The van der Waals surface area contributed by atoms with E-state index in [4.69, 9.17) is 11.6 Å². The van der Waals surface area contributed by atoms with Crippen molar-refractivity contribution >= 4 is 43.8 Å². The summed E-state index contributed by atoms with van der Waals surface area (Å²) in [5, 5.41) is 6.42. The van der Waals surface area contributed by atoms with Crippen molar-refractivity contribution in [3.05, 3.63) is 74.8 Å². The van der Waals surface area contributed by atoms with Gasteiger partial charge in [0.2, 0.25) is 4.96 Å². The molecule has 2 aromatic carbocycles. The molecule has 0 saturated heterocycles. The van der Waals surface area contributed by atoms with E-state index >= 15 is 0 Å². The molecule has 0 unspecified atom stereocenters. The van der Waals surface area contributed by atoms with Gasteiger partial charge in [-0.05, 0) is 29.8 Å². The van der Waals surface area contributed by atoms with Crippen LogP contribution >= 0.6 is 38.9 Å². The van der Waals surface area contributed by atoms with Crippen LogP contribution in [0.2, 0.25) is 5.02 Å². The monoisotopic (exact) mass is 403 g/mol. The molecule has 3 nitrogen and oxygen atoms in total. The summed E-state index contributed by atoms with van der Waals surface area (Å²) in [5.74, 6) is 0. The van der Waals surface area contributed by atoms with Crippen LogP contribution in [0, 0.1) is 0 Å². The number of rotatable bonds is 3. The van der Waals surface area contributed by atoms with Crippen LogP contribution in [0.4, 0.5) is 0 Å². The third-order valence-corrected chi connectivity index (χ3v) is 5.20. The second-order valence-corrected chi connectivity index (χ2v) is 7.55. The molecule has 0 saturated carbocycles. The Balaban J connectivity index is 1.61. The van der Waals surface area contributed by atoms with E-state index in [1.807, 2.05) is 59.2 Å². The minimum Gasteiger partial charge on any atom is -0.217 e. The number of fused-ring (bicyclic) bond motifs is 1. The molecule has 4 rings (SSSR count). The van der Waals surface area contributed by atoms with Crippen LogP contribution in [0.5, 0.6) is 0 Å². The van der Waals surface area contributed by atoms with Gasteiger partial charge in [-0.3, -0.25) is 0 Å². The fourth-order valence-electron chi connectivity index (χ4n) is 2.35. The molecular formula is C17H11BrClN3S. The predicted molar refractivity (Wildman–Crippen MR) is 98.3 cm³/mol. The molecular weight excluding hydrogens is 394 g/mol. The molecule has 0 bridgehead atoms. The van der Waals surface area contributed by atoms with Crippen LogP contribution in [0.15, 0.2) is 59.2 Å². The highest BCUT2D eigenvalue weighted by molar-refractivity contribution is 9.10. The fraction of sp³-hybridized carbons (Fsp3) is 0.0588. The third-order valence-electron chi connectivity index (χ3n) is 3.49. The summed E-state index contributed by atoms with van der Waals surface area (Å²) >= 11 is 11.0. The summed E-state index contributed by atoms with van der Waals surface area (Å²) in [7, 11) is 0. The van der Waals surface area contributed by atoms with Crippen LogP contribution in [-0.2, 0) is 6.42 Å². The topological polar surface area (TPSA) is 30.2 Å². The summed E-state index contributed by atoms with van der Waals surface area (Å²) in [4.78, 5) is 5.58. The first-order chi connectivity index (χ1) is 11.2. The predicted octanol–water partition coefficient (Wildman–Crippen LogP) is 5.46. The number of hydrogen-bond acceptors (Lipinski definition) is 3. The first kappa shape index (κ1) is 14.9. The van der Waals surface area contributed by atoms with Gasteiger partial charge in [0, 0.05) is 21.5 Å². The van der Waals surface area contributed by atoms with Crippen molar-refractivity contribution in [2.24, 2.45) is 0 Å². The zero-order chi connectivity index (χ0) is 15.8. The lowest BCUT2D eigenvalue weighted by Gasteiger charge is -1.97. The fourth-order valence-corrected chi connectivity index (χ4v) is 3.65. The minimum atomic E-state index is 0.752. The Hall–Kier alpha value is -1.69. The molecule has 0 aliphatic carbocycles. The molecule has 2 heterocycles. The van der Waals surface area contributed by atoms with E-state index in [0.29, 0.717) is 0 Å². The molecule has 0 atom stereocenters. The van der Waals surface area contributed by atoms with Crippen LogP contribution in [0.1, 0.15) is 10.6 Å². The summed E-state index contributed by atoms with van der Waals surface area (Å²) < 4.78 is 2.92. The van der Waals surface area contributed by atoms with Gasteiger partial charge in [0.05, 0.1) is 11.9 Å².